The standard InChI is InChI=1S/C11H14O2S/c1-8-4-5-9(14-8)10(12)11(2)6-3-7-13-11/h4-5H,3,6-7H2,1-2H3. The molecule has 3 heteroatoms. The lowest BCUT2D eigenvalue weighted by Gasteiger charge is -2.20. The van der Waals surface area contributed by atoms with Gasteiger partial charge in [-0.3, -0.25) is 4.79 Å². The topological polar surface area (TPSA) is 26.3 Å². The second-order valence-corrected chi connectivity index (χ2v) is 5.21. The van der Waals surface area contributed by atoms with Gasteiger partial charge in [0.2, 0.25) is 5.78 Å². The van der Waals surface area contributed by atoms with E-state index in [1.165, 1.54) is 4.88 Å². The van der Waals surface area contributed by atoms with Crippen molar-refractivity contribution in [2.45, 2.75) is 32.3 Å². The van der Waals surface area contributed by atoms with Crippen LogP contribution in [0.25, 0.3) is 0 Å². The fraction of sp³-hybridized carbons (Fsp3) is 0.545. The summed E-state index contributed by atoms with van der Waals surface area (Å²) in [6, 6.07) is 3.88. The van der Waals surface area contributed by atoms with Gasteiger partial charge in [-0.15, -0.1) is 11.3 Å². The third-order valence-corrected chi connectivity index (χ3v) is 3.66. The van der Waals surface area contributed by atoms with Crippen molar-refractivity contribution in [3.05, 3.63) is 21.9 Å². The van der Waals surface area contributed by atoms with Crippen LogP contribution < -0.4 is 0 Å². The van der Waals surface area contributed by atoms with Gasteiger partial charge in [-0.2, -0.15) is 0 Å². The van der Waals surface area contributed by atoms with Crippen molar-refractivity contribution in [2.24, 2.45) is 0 Å². The van der Waals surface area contributed by atoms with E-state index in [4.69, 9.17) is 4.74 Å². The Morgan fingerprint density at radius 1 is 1.57 bits per heavy atom. The molecule has 0 spiro atoms. The van der Waals surface area contributed by atoms with Crippen LogP contribution in [0.2, 0.25) is 0 Å². The molecule has 0 N–H and O–H groups in total. The van der Waals surface area contributed by atoms with Crippen LogP contribution in [0.15, 0.2) is 12.1 Å². The smallest absolute Gasteiger partial charge is 0.204 e. The normalized spacial score (nSPS) is 26.7. The molecule has 1 unspecified atom stereocenters. The first kappa shape index (κ1) is 9.87. The summed E-state index contributed by atoms with van der Waals surface area (Å²) < 4.78 is 5.52. The van der Waals surface area contributed by atoms with Gasteiger partial charge in [0.05, 0.1) is 4.88 Å². The molecule has 1 fully saturated rings. The van der Waals surface area contributed by atoms with E-state index in [2.05, 4.69) is 0 Å². The summed E-state index contributed by atoms with van der Waals surface area (Å²) in [6.07, 6.45) is 1.84. The highest BCUT2D eigenvalue weighted by Crippen LogP contribution is 2.31. The van der Waals surface area contributed by atoms with Crippen molar-refractivity contribution in [2.75, 3.05) is 6.61 Å². The molecule has 0 bridgehead atoms. The molecule has 1 aromatic rings. The zero-order chi connectivity index (χ0) is 10.2. The molecule has 1 aliphatic rings. The van der Waals surface area contributed by atoms with Crippen LogP contribution in [0, 0.1) is 6.92 Å². The van der Waals surface area contributed by atoms with Crippen molar-refractivity contribution < 1.29 is 9.53 Å². The van der Waals surface area contributed by atoms with Crippen LogP contribution in [-0.2, 0) is 4.74 Å². The van der Waals surface area contributed by atoms with Crippen LogP contribution in [-0.4, -0.2) is 18.0 Å². The lowest BCUT2D eigenvalue weighted by atomic mass is 9.96. The summed E-state index contributed by atoms with van der Waals surface area (Å²) in [4.78, 5) is 14.1. The largest absolute Gasteiger partial charge is 0.367 e. The van der Waals surface area contributed by atoms with E-state index in [0.29, 0.717) is 6.61 Å². The molecule has 14 heavy (non-hydrogen) atoms. The molecule has 2 rings (SSSR count). The third kappa shape index (κ3) is 1.62. The zero-order valence-electron chi connectivity index (χ0n) is 8.50. The van der Waals surface area contributed by atoms with Gasteiger partial charge >= 0.3 is 0 Å². The first-order valence-electron chi connectivity index (χ1n) is 4.87. The molecule has 0 aliphatic carbocycles. The quantitative estimate of drug-likeness (QED) is 0.702. The molecule has 0 aromatic carbocycles. The van der Waals surface area contributed by atoms with E-state index in [0.717, 1.165) is 17.7 Å². The fourth-order valence-corrected chi connectivity index (χ4v) is 2.70. The molecular weight excluding hydrogens is 196 g/mol. The number of hydrogen-bond acceptors (Lipinski definition) is 3. The van der Waals surface area contributed by atoms with E-state index in [1.807, 2.05) is 26.0 Å². The summed E-state index contributed by atoms with van der Waals surface area (Å²) in [5.74, 6) is 0.146. The molecular formula is C11H14O2S. The van der Waals surface area contributed by atoms with Crippen molar-refractivity contribution in [1.29, 1.82) is 0 Å². The minimum atomic E-state index is -0.558. The van der Waals surface area contributed by atoms with Gasteiger partial charge in [-0.1, -0.05) is 0 Å². The summed E-state index contributed by atoms with van der Waals surface area (Å²) in [5.41, 5.74) is -0.558. The van der Waals surface area contributed by atoms with Gasteiger partial charge < -0.3 is 4.74 Å². The van der Waals surface area contributed by atoms with E-state index in [1.54, 1.807) is 11.3 Å². The molecule has 76 valence electrons. The monoisotopic (exact) mass is 210 g/mol. The van der Waals surface area contributed by atoms with E-state index in [9.17, 15) is 4.79 Å². The number of thiophene rings is 1. The summed E-state index contributed by atoms with van der Waals surface area (Å²) in [6.45, 7) is 4.63. The van der Waals surface area contributed by atoms with E-state index < -0.39 is 5.60 Å². The maximum Gasteiger partial charge on any atom is 0.204 e. The van der Waals surface area contributed by atoms with Gasteiger partial charge in [0, 0.05) is 11.5 Å². The highest BCUT2D eigenvalue weighted by molar-refractivity contribution is 7.14. The molecule has 0 amide bonds. The molecule has 1 aromatic heterocycles. The van der Waals surface area contributed by atoms with Crippen LogP contribution in [0.1, 0.15) is 34.3 Å². The Labute approximate surface area is 87.9 Å². The number of ketones is 1. The number of rotatable bonds is 2. The Morgan fingerprint density at radius 3 is 2.86 bits per heavy atom. The minimum Gasteiger partial charge on any atom is -0.367 e. The molecule has 0 saturated carbocycles. The number of ether oxygens (including phenoxy) is 1. The maximum absolute atomic E-state index is 12.1. The zero-order valence-corrected chi connectivity index (χ0v) is 9.32. The molecule has 0 radical (unpaired) electrons. The van der Waals surface area contributed by atoms with E-state index in [-0.39, 0.29) is 5.78 Å². The molecule has 1 aliphatic heterocycles. The van der Waals surface area contributed by atoms with Crippen molar-refractivity contribution in [3.63, 3.8) is 0 Å². The second kappa shape index (κ2) is 3.48. The summed E-state index contributed by atoms with van der Waals surface area (Å²) in [5, 5.41) is 0. The molecule has 1 atom stereocenters. The first-order chi connectivity index (χ1) is 6.62. The summed E-state index contributed by atoms with van der Waals surface area (Å²) >= 11 is 1.55. The number of carbonyl (C=O) groups excluding carboxylic acids is 1. The second-order valence-electron chi connectivity index (χ2n) is 3.92. The van der Waals surface area contributed by atoms with E-state index >= 15 is 0 Å². The lowest BCUT2D eigenvalue weighted by Crippen LogP contribution is -2.33. The number of aryl methyl sites for hydroxylation is 1. The van der Waals surface area contributed by atoms with Gasteiger partial charge in [-0.05, 0) is 38.8 Å². The van der Waals surface area contributed by atoms with Gasteiger partial charge in [0.15, 0.2) is 0 Å². The molecule has 2 nitrogen and oxygen atoms in total. The van der Waals surface area contributed by atoms with Crippen molar-refractivity contribution >= 4 is 17.1 Å². The highest BCUT2D eigenvalue weighted by atomic mass is 32.1. The molecule has 2 heterocycles. The van der Waals surface area contributed by atoms with Gasteiger partial charge in [0.25, 0.3) is 0 Å². The predicted octanol–water partition coefficient (Wildman–Crippen LogP) is 2.81. The summed E-state index contributed by atoms with van der Waals surface area (Å²) in [7, 11) is 0. The van der Waals surface area contributed by atoms with Gasteiger partial charge in [0.1, 0.15) is 5.60 Å². The Hall–Kier alpha value is -0.670. The van der Waals surface area contributed by atoms with Gasteiger partial charge in [-0.25, -0.2) is 0 Å². The average molecular weight is 210 g/mol. The Balaban J connectivity index is 2.23. The SMILES string of the molecule is Cc1ccc(C(=O)C2(C)CCCO2)s1. The van der Waals surface area contributed by atoms with Crippen molar-refractivity contribution in [3.8, 4) is 0 Å². The Bertz CT molecular complexity index is 348. The lowest BCUT2D eigenvalue weighted by molar-refractivity contribution is 0.0217. The third-order valence-electron chi connectivity index (χ3n) is 2.66. The predicted molar refractivity (Wildman–Crippen MR) is 57.0 cm³/mol. The van der Waals surface area contributed by atoms with Crippen LogP contribution >= 0.6 is 11.3 Å². The number of carbonyl (C=O) groups is 1. The van der Waals surface area contributed by atoms with Crippen LogP contribution in [0.5, 0.6) is 0 Å². The Morgan fingerprint density at radius 2 is 2.36 bits per heavy atom. The molecule has 1 saturated heterocycles. The van der Waals surface area contributed by atoms with Crippen molar-refractivity contribution in [1.82, 2.24) is 0 Å². The highest BCUT2D eigenvalue weighted by Gasteiger charge is 2.38. The number of hydrogen-bond donors (Lipinski definition) is 0. The fourth-order valence-electron chi connectivity index (χ4n) is 1.78. The Kier molecular flexibility index (Phi) is 2.45. The van der Waals surface area contributed by atoms with Crippen LogP contribution in [0.4, 0.5) is 0 Å². The minimum absolute atomic E-state index is 0.146. The number of Topliss-reactive ketones (excluding diaryl/α,β-unsaturated/α-hetero) is 1. The average Bonchev–Trinajstić information content (AvgIpc) is 2.74. The first-order valence-corrected chi connectivity index (χ1v) is 5.69. The van der Waals surface area contributed by atoms with Crippen LogP contribution in [0.3, 0.4) is 0 Å². The maximum atomic E-state index is 12.1.